The van der Waals surface area contributed by atoms with E-state index in [0.29, 0.717) is 6.61 Å². The minimum atomic E-state index is 0.700. The molecule has 3 nitrogen and oxygen atoms in total. The lowest BCUT2D eigenvalue weighted by atomic mass is 10.2. The molecule has 0 unspecified atom stereocenters. The zero-order chi connectivity index (χ0) is 14.2. The number of aryl methyl sites for hydroxylation is 1. The third-order valence-corrected chi connectivity index (χ3v) is 3.00. The van der Waals surface area contributed by atoms with Gasteiger partial charge in [0.05, 0.1) is 13.7 Å². The fourth-order valence-electron chi connectivity index (χ4n) is 1.92. The van der Waals surface area contributed by atoms with Gasteiger partial charge in [0.15, 0.2) is 0 Å². The molecule has 2 aromatic rings. The van der Waals surface area contributed by atoms with Crippen LogP contribution in [0.1, 0.15) is 12.0 Å². The standard InChI is InChI=1S/C17H21NO2/c1-14-5-3-6-15(13-14)18-11-4-12-20-17-9-7-16(19-2)8-10-17/h3,5-10,13,18H,4,11-12H2,1-2H3. The van der Waals surface area contributed by atoms with Crippen LogP contribution in [-0.2, 0) is 0 Å². The molecular weight excluding hydrogens is 250 g/mol. The average Bonchev–Trinajstić information content (AvgIpc) is 2.48. The maximum atomic E-state index is 5.67. The van der Waals surface area contributed by atoms with Crippen LogP contribution in [0.2, 0.25) is 0 Å². The predicted molar refractivity (Wildman–Crippen MR) is 82.8 cm³/mol. The van der Waals surface area contributed by atoms with Crippen LogP contribution in [0.25, 0.3) is 0 Å². The molecule has 2 rings (SSSR count). The highest BCUT2D eigenvalue weighted by atomic mass is 16.5. The van der Waals surface area contributed by atoms with E-state index in [0.717, 1.165) is 30.2 Å². The van der Waals surface area contributed by atoms with Gasteiger partial charge in [0.2, 0.25) is 0 Å². The Morgan fingerprint density at radius 3 is 2.45 bits per heavy atom. The maximum absolute atomic E-state index is 5.67. The summed E-state index contributed by atoms with van der Waals surface area (Å²) in [5, 5.41) is 3.39. The molecule has 0 aliphatic rings. The van der Waals surface area contributed by atoms with Gasteiger partial charge in [-0.15, -0.1) is 0 Å². The van der Waals surface area contributed by atoms with Crippen LogP contribution >= 0.6 is 0 Å². The molecule has 106 valence electrons. The van der Waals surface area contributed by atoms with E-state index in [4.69, 9.17) is 9.47 Å². The van der Waals surface area contributed by atoms with Crippen LogP contribution in [-0.4, -0.2) is 20.3 Å². The molecule has 0 fully saturated rings. The van der Waals surface area contributed by atoms with Crippen LogP contribution < -0.4 is 14.8 Å². The molecule has 0 saturated carbocycles. The van der Waals surface area contributed by atoms with Crippen LogP contribution in [0.5, 0.6) is 11.5 Å². The van der Waals surface area contributed by atoms with Crippen molar-refractivity contribution in [1.82, 2.24) is 0 Å². The van der Waals surface area contributed by atoms with E-state index in [2.05, 4.69) is 36.5 Å². The number of nitrogens with one attached hydrogen (secondary N) is 1. The van der Waals surface area contributed by atoms with Crippen LogP contribution in [0.15, 0.2) is 48.5 Å². The molecule has 0 saturated heterocycles. The lowest BCUT2D eigenvalue weighted by molar-refractivity contribution is 0.314. The number of anilines is 1. The van der Waals surface area contributed by atoms with Crippen LogP contribution in [0.4, 0.5) is 5.69 Å². The first-order valence-corrected chi connectivity index (χ1v) is 6.85. The largest absolute Gasteiger partial charge is 0.497 e. The minimum Gasteiger partial charge on any atom is -0.497 e. The lowest BCUT2D eigenvalue weighted by Gasteiger charge is -2.09. The number of hydrogen-bond acceptors (Lipinski definition) is 3. The smallest absolute Gasteiger partial charge is 0.119 e. The molecule has 0 amide bonds. The van der Waals surface area contributed by atoms with Gasteiger partial charge >= 0.3 is 0 Å². The van der Waals surface area contributed by atoms with E-state index in [1.807, 2.05) is 24.3 Å². The summed E-state index contributed by atoms with van der Waals surface area (Å²) in [7, 11) is 1.66. The third-order valence-electron chi connectivity index (χ3n) is 3.00. The summed E-state index contributed by atoms with van der Waals surface area (Å²) >= 11 is 0. The second-order valence-electron chi connectivity index (χ2n) is 4.67. The highest BCUT2D eigenvalue weighted by Gasteiger charge is 1.96. The van der Waals surface area contributed by atoms with Gasteiger partial charge in [-0.25, -0.2) is 0 Å². The van der Waals surface area contributed by atoms with Crippen molar-refractivity contribution in [2.24, 2.45) is 0 Å². The molecule has 0 aromatic heterocycles. The third kappa shape index (κ3) is 4.50. The summed E-state index contributed by atoms with van der Waals surface area (Å²) in [6.07, 6.45) is 0.958. The Bertz CT molecular complexity index is 523. The molecule has 0 aliphatic carbocycles. The second kappa shape index (κ2) is 7.43. The summed E-state index contributed by atoms with van der Waals surface area (Å²) in [5.41, 5.74) is 2.43. The fraction of sp³-hybridized carbons (Fsp3) is 0.294. The van der Waals surface area contributed by atoms with Crippen molar-refractivity contribution in [2.45, 2.75) is 13.3 Å². The normalized spacial score (nSPS) is 10.1. The summed E-state index contributed by atoms with van der Waals surface area (Å²) in [6.45, 7) is 3.70. The Labute approximate surface area is 120 Å². The minimum absolute atomic E-state index is 0.700. The molecule has 1 N–H and O–H groups in total. The highest BCUT2D eigenvalue weighted by molar-refractivity contribution is 5.45. The SMILES string of the molecule is COc1ccc(OCCCNc2cccc(C)c2)cc1. The van der Waals surface area contributed by atoms with E-state index in [1.165, 1.54) is 5.56 Å². The Hall–Kier alpha value is -2.16. The Morgan fingerprint density at radius 1 is 1.00 bits per heavy atom. The van der Waals surface area contributed by atoms with Gasteiger partial charge in [0.25, 0.3) is 0 Å². The molecule has 2 aromatic carbocycles. The van der Waals surface area contributed by atoms with Gasteiger partial charge in [-0.05, 0) is 55.3 Å². The van der Waals surface area contributed by atoms with E-state index < -0.39 is 0 Å². The Kier molecular flexibility index (Phi) is 5.30. The number of ether oxygens (including phenoxy) is 2. The first-order valence-electron chi connectivity index (χ1n) is 6.85. The van der Waals surface area contributed by atoms with Gasteiger partial charge in [-0.2, -0.15) is 0 Å². The maximum Gasteiger partial charge on any atom is 0.119 e. The van der Waals surface area contributed by atoms with Crippen molar-refractivity contribution in [3.63, 3.8) is 0 Å². The molecule has 20 heavy (non-hydrogen) atoms. The summed E-state index contributed by atoms with van der Waals surface area (Å²) < 4.78 is 10.8. The molecule has 0 atom stereocenters. The number of hydrogen-bond donors (Lipinski definition) is 1. The summed E-state index contributed by atoms with van der Waals surface area (Å²) in [6, 6.07) is 16.0. The topological polar surface area (TPSA) is 30.5 Å². The first kappa shape index (κ1) is 14.3. The molecular formula is C17H21NO2. The summed E-state index contributed by atoms with van der Waals surface area (Å²) in [4.78, 5) is 0. The van der Waals surface area contributed by atoms with Crippen LogP contribution in [0, 0.1) is 6.92 Å². The van der Waals surface area contributed by atoms with E-state index in [-0.39, 0.29) is 0 Å². The van der Waals surface area contributed by atoms with E-state index in [9.17, 15) is 0 Å². The summed E-state index contributed by atoms with van der Waals surface area (Å²) in [5.74, 6) is 1.72. The van der Waals surface area contributed by atoms with Crippen LogP contribution in [0.3, 0.4) is 0 Å². The average molecular weight is 271 g/mol. The second-order valence-corrected chi connectivity index (χ2v) is 4.67. The van der Waals surface area contributed by atoms with Crippen molar-refractivity contribution in [1.29, 1.82) is 0 Å². The molecule has 0 aliphatic heterocycles. The van der Waals surface area contributed by atoms with Gasteiger partial charge in [0, 0.05) is 12.2 Å². The lowest BCUT2D eigenvalue weighted by Crippen LogP contribution is -2.07. The van der Waals surface area contributed by atoms with Gasteiger partial charge < -0.3 is 14.8 Å². The molecule has 0 radical (unpaired) electrons. The Morgan fingerprint density at radius 2 is 1.75 bits per heavy atom. The first-order chi connectivity index (χ1) is 9.78. The zero-order valence-electron chi connectivity index (χ0n) is 12.1. The number of benzene rings is 2. The van der Waals surface area contributed by atoms with Crippen molar-refractivity contribution in [2.75, 3.05) is 25.6 Å². The highest BCUT2D eigenvalue weighted by Crippen LogP contribution is 2.17. The van der Waals surface area contributed by atoms with Crippen molar-refractivity contribution in [3.05, 3.63) is 54.1 Å². The predicted octanol–water partition coefficient (Wildman–Crippen LogP) is 3.88. The van der Waals surface area contributed by atoms with E-state index >= 15 is 0 Å². The van der Waals surface area contributed by atoms with Gasteiger partial charge in [0.1, 0.15) is 11.5 Å². The number of methoxy groups -OCH3 is 1. The van der Waals surface area contributed by atoms with E-state index in [1.54, 1.807) is 7.11 Å². The number of rotatable bonds is 7. The molecule has 0 bridgehead atoms. The Balaban J connectivity index is 1.66. The monoisotopic (exact) mass is 271 g/mol. The van der Waals surface area contributed by atoms with Crippen molar-refractivity contribution in [3.8, 4) is 11.5 Å². The quantitative estimate of drug-likeness (QED) is 0.775. The molecule has 3 heteroatoms. The van der Waals surface area contributed by atoms with Crippen molar-refractivity contribution >= 4 is 5.69 Å². The molecule has 0 spiro atoms. The van der Waals surface area contributed by atoms with Gasteiger partial charge in [-0.1, -0.05) is 12.1 Å². The zero-order valence-corrected chi connectivity index (χ0v) is 12.1. The fourth-order valence-corrected chi connectivity index (χ4v) is 1.92. The molecule has 0 heterocycles. The van der Waals surface area contributed by atoms with Crippen molar-refractivity contribution < 1.29 is 9.47 Å². The van der Waals surface area contributed by atoms with Gasteiger partial charge in [-0.3, -0.25) is 0 Å².